The Morgan fingerprint density at radius 1 is 1.39 bits per heavy atom. The largest absolute Gasteiger partial charge is 0.393 e. The third-order valence-corrected chi connectivity index (χ3v) is 2.82. The summed E-state index contributed by atoms with van der Waals surface area (Å²) in [6.45, 7) is 3.47. The zero-order valence-electron chi connectivity index (χ0n) is 11.3. The molecule has 1 atom stereocenters. The highest BCUT2D eigenvalue weighted by Crippen LogP contribution is 2.07. The predicted molar refractivity (Wildman–Crippen MR) is 72.5 cm³/mol. The number of carbonyl (C=O) groups is 1. The second kappa shape index (κ2) is 7.13. The van der Waals surface area contributed by atoms with Crippen LogP contribution in [0.5, 0.6) is 0 Å². The Morgan fingerprint density at radius 2 is 2.00 bits per heavy atom. The number of carbonyl (C=O) groups excluding carboxylic acids is 1. The quantitative estimate of drug-likeness (QED) is 0.799. The number of nitrogens with one attached hydrogen (secondary N) is 1. The highest BCUT2D eigenvalue weighted by Gasteiger charge is 2.05. The first-order valence-corrected chi connectivity index (χ1v) is 6.20. The van der Waals surface area contributed by atoms with Gasteiger partial charge in [-0.15, -0.1) is 0 Å². The van der Waals surface area contributed by atoms with Crippen LogP contribution in [-0.4, -0.2) is 42.7 Å². The van der Waals surface area contributed by atoms with Gasteiger partial charge >= 0.3 is 0 Å². The van der Waals surface area contributed by atoms with Crippen molar-refractivity contribution in [3.8, 4) is 0 Å². The van der Waals surface area contributed by atoms with Crippen LogP contribution in [0.2, 0.25) is 0 Å². The van der Waals surface area contributed by atoms with Crippen LogP contribution >= 0.6 is 0 Å². The minimum absolute atomic E-state index is 0.0657. The standard InChI is InChI=1S/C14H22N2O2/c1-11(17)8-9-16(3)10-12-4-6-13(7-5-12)14(18)15-2/h4-7,11,17H,8-10H2,1-3H3,(H,15,18)/t11-/m0/s1. The van der Waals surface area contributed by atoms with Gasteiger partial charge < -0.3 is 15.3 Å². The zero-order chi connectivity index (χ0) is 13.5. The highest BCUT2D eigenvalue weighted by molar-refractivity contribution is 5.93. The van der Waals surface area contributed by atoms with Crippen LogP contribution in [0, 0.1) is 0 Å². The molecule has 1 aromatic carbocycles. The number of benzene rings is 1. The van der Waals surface area contributed by atoms with Crippen molar-refractivity contribution in [3.63, 3.8) is 0 Å². The molecule has 1 aromatic rings. The van der Waals surface area contributed by atoms with Gasteiger partial charge in [0.2, 0.25) is 0 Å². The summed E-state index contributed by atoms with van der Waals surface area (Å²) in [4.78, 5) is 13.5. The maximum atomic E-state index is 11.4. The van der Waals surface area contributed by atoms with E-state index in [1.807, 2.05) is 31.3 Å². The molecule has 2 N–H and O–H groups in total. The Labute approximate surface area is 109 Å². The van der Waals surface area contributed by atoms with Crippen molar-refractivity contribution >= 4 is 5.91 Å². The van der Waals surface area contributed by atoms with Gasteiger partial charge in [-0.25, -0.2) is 0 Å². The molecule has 0 unspecified atom stereocenters. The van der Waals surface area contributed by atoms with Crippen LogP contribution in [0.25, 0.3) is 0 Å². The van der Waals surface area contributed by atoms with Gasteiger partial charge in [-0.3, -0.25) is 4.79 Å². The minimum Gasteiger partial charge on any atom is -0.393 e. The van der Waals surface area contributed by atoms with Gasteiger partial charge in [-0.2, -0.15) is 0 Å². The predicted octanol–water partition coefficient (Wildman–Crippen LogP) is 1.25. The second-order valence-corrected chi connectivity index (χ2v) is 4.65. The van der Waals surface area contributed by atoms with Crippen molar-refractivity contribution in [2.24, 2.45) is 0 Å². The topological polar surface area (TPSA) is 52.6 Å². The van der Waals surface area contributed by atoms with Crippen molar-refractivity contribution in [2.45, 2.75) is 26.0 Å². The van der Waals surface area contributed by atoms with Crippen LogP contribution < -0.4 is 5.32 Å². The van der Waals surface area contributed by atoms with Crippen molar-refractivity contribution in [3.05, 3.63) is 35.4 Å². The summed E-state index contributed by atoms with van der Waals surface area (Å²) in [6, 6.07) is 7.58. The molecular formula is C14H22N2O2. The lowest BCUT2D eigenvalue weighted by atomic mass is 10.1. The van der Waals surface area contributed by atoms with Gasteiger partial charge in [-0.1, -0.05) is 12.1 Å². The van der Waals surface area contributed by atoms with Gasteiger partial charge in [0.1, 0.15) is 0 Å². The van der Waals surface area contributed by atoms with E-state index in [2.05, 4.69) is 10.2 Å². The third-order valence-electron chi connectivity index (χ3n) is 2.82. The molecule has 0 spiro atoms. The Hall–Kier alpha value is -1.39. The number of rotatable bonds is 6. The number of amides is 1. The molecule has 0 heterocycles. The van der Waals surface area contributed by atoms with Gasteiger partial charge in [0.25, 0.3) is 5.91 Å². The molecule has 18 heavy (non-hydrogen) atoms. The van der Waals surface area contributed by atoms with Crippen LogP contribution in [0.3, 0.4) is 0 Å². The average molecular weight is 250 g/mol. The van der Waals surface area contributed by atoms with Gasteiger partial charge in [0.05, 0.1) is 6.10 Å². The molecule has 0 saturated heterocycles. The molecule has 4 nitrogen and oxygen atoms in total. The van der Waals surface area contributed by atoms with E-state index in [1.165, 1.54) is 0 Å². The smallest absolute Gasteiger partial charge is 0.251 e. The first-order chi connectivity index (χ1) is 8.52. The summed E-state index contributed by atoms with van der Waals surface area (Å²) in [6.07, 6.45) is 0.510. The molecule has 0 aliphatic rings. The summed E-state index contributed by atoms with van der Waals surface area (Å²) in [7, 11) is 3.65. The molecule has 1 amide bonds. The Kier molecular flexibility index (Phi) is 5.82. The highest BCUT2D eigenvalue weighted by atomic mass is 16.3. The lowest BCUT2D eigenvalue weighted by Gasteiger charge is -2.17. The van der Waals surface area contributed by atoms with E-state index < -0.39 is 0 Å². The Morgan fingerprint density at radius 3 is 2.50 bits per heavy atom. The van der Waals surface area contributed by atoms with E-state index in [9.17, 15) is 9.90 Å². The van der Waals surface area contributed by atoms with E-state index in [4.69, 9.17) is 0 Å². The zero-order valence-corrected chi connectivity index (χ0v) is 11.3. The molecule has 4 heteroatoms. The van der Waals surface area contributed by atoms with E-state index in [1.54, 1.807) is 14.0 Å². The normalized spacial score (nSPS) is 12.5. The molecule has 0 aromatic heterocycles. The molecule has 0 bridgehead atoms. The summed E-state index contributed by atoms with van der Waals surface area (Å²) in [5, 5.41) is 11.8. The van der Waals surface area contributed by atoms with Crippen LogP contribution in [-0.2, 0) is 6.54 Å². The number of aliphatic hydroxyl groups is 1. The van der Waals surface area contributed by atoms with E-state index in [0.29, 0.717) is 5.56 Å². The fraction of sp³-hybridized carbons (Fsp3) is 0.500. The van der Waals surface area contributed by atoms with Crippen LogP contribution in [0.1, 0.15) is 29.3 Å². The molecule has 0 radical (unpaired) electrons. The summed E-state index contributed by atoms with van der Waals surface area (Å²) in [5.41, 5.74) is 1.84. The maximum Gasteiger partial charge on any atom is 0.251 e. The van der Waals surface area contributed by atoms with E-state index in [-0.39, 0.29) is 12.0 Å². The lowest BCUT2D eigenvalue weighted by Crippen LogP contribution is -2.22. The molecule has 0 aliphatic carbocycles. The first-order valence-electron chi connectivity index (χ1n) is 6.20. The van der Waals surface area contributed by atoms with Gasteiger partial charge in [0.15, 0.2) is 0 Å². The molecule has 0 aliphatic heterocycles. The SMILES string of the molecule is CNC(=O)c1ccc(CN(C)CC[C@H](C)O)cc1. The monoisotopic (exact) mass is 250 g/mol. The van der Waals surface area contributed by atoms with E-state index in [0.717, 1.165) is 25.1 Å². The average Bonchev–Trinajstić information content (AvgIpc) is 2.36. The fourth-order valence-corrected chi connectivity index (χ4v) is 1.70. The molecule has 0 saturated carbocycles. The molecule has 1 rings (SSSR count). The molecular weight excluding hydrogens is 228 g/mol. The fourth-order valence-electron chi connectivity index (χ4n) is 1.70. The third kappa shape index (κ3) is 4.85. The summed E-state index contributed by atoms with van der Waals surface area (Å²) < 4.78 is 0. The van der Waals surface area contributed by atoms with Gasteiger partial charge in [-0.05, 0) is 38.1 Å². The van der Waals surface area contributed by atoms with Crippen molar-refractivity contribution < 1.29 is 9.90 Å². The summed E-state index contributed by atoms with van der Waals surface area (Å²) >= 11 is 0. The first kappa shape index (κ1) is 14.7. The maximum absolute atomic E-state index is 11.4. The van der Waals surface area contributed by atoms with Crippen LogP contribution in [0.4, 0.5) is 0 Å². The molecule has 100 valence electrons. The number of hydrogen-bond donors (Lipinski definition) is 2. The van der Waals surface area contributed by atoms with Crippen molar-refractivity contribution in [1.82, 2.24) is 10.2 Å². The second-order valence-electron chi connectivity index (χ2n) is 4.65. The van der Waals surface area contributed by atoms with E-state index >= 15 is 0 Å². The van der Waals surface area contributed by atoms with Gasteiger partial charge in [0, 0.05) is 25.7 Å². The number of hydrogen-bond acceptors (Lipinski definition) is 3. The Bertz CT molecular complexity index is 374. The van der Waals surface area contributed by atoms with Crippen molar-refractivity contribution in [1.29, 1.82) is 0 Å². The number of aliphatic hydroxyl groups excluding tert-OH is 1. The number of nitrogens with zero attached hydrogens (tertiary/aromatic N) is 1. The van der Waals surface area contributed by atoms with Crippen LogP contribution in [0.15, 0.2) is 24.3 Å². The Balaban J connectivity index is 2.50. The lowest BCUT2D eigenvalue weighted by molar-refractivity contribution is 0.0963. The van der Waals surface area contributed by atoms with Crippen molar-refractivity contribution in [2.75, 3.05) is 20.6 Å². The minimum atomic E-state index is -0.261. The summed E-state index contributed by atoms with van der Waals surface area (Å²) in [5.74, 6) is -0.0657. The molecule has 0 fully saturated rings.